The Morgan fingerprint density at radius 3 is 2.62 bits per heavy atom. The number of fused-ring (bicyclic) bond motifs is 1. The van der Waals surface area contributed by atoms with E-state index in [1.54, 1.807) is 24.3 Å². The van der Waals surface area contributed by atoms with Gasteiger partial charge in [0.1, 0.15) is 5.82 Å². The number of carbonyl (C=O) groups is 1. The van der Waals surface area contributed by atoms with Gasteiger partial charge in [-0.05, 0) is 45.0 Å². The monoisotopic (exact) mass is 377 g/mol. The number of sulfonamides is 1. The maximum Gasteiger partial charge on any atom is 0.240 e. The number of carbonyl (C=O) groups excluding carboxylic acids is 1. The molecule has 9 heteroatoms. The van der Waals surface area contributed by atoms with Gasteiger partial charge in [0.2, 0.25) is 15.9 Å². The van der Waals surface area contributed by atoms with Crippen molar-refractivity contribution in [2.24, 2.45) is 0 Å². The molecule has 0 saturated carbocycles. The zero-order valence-corrected chi connectivity index (χ0v) is 16.0. The Bertz CT molecular complexity index is 905. The Morgan fingerprint density at radius 1 is 1.27 bits per heavy atom. The van der Waals surface area contributed by atoms with E-state index in [0.717, 1.165) is 17.2 Å². The van der Waals surface area contributed by atoms with Crippen molar-refractivity contribution in [3.63, 3.8) is 0 Å². The molecule has 140 valence electrons. The molecule has 0 saturated heterocycles. The van der Waals surface area contributed by atoms with Crippen LogP contribution >= 0.6 is 0 Å². The van der Waals surface area contributed by atoms with E-state index < -0.39 is 10.0 Å². The topological polar surface area (TPSA) is 97.2 Å². The predicted molar refractivity (Wildman–Crippen MR) is 95.9 cm³/mol. The van der Waals surface area contributed by atoms with Gasteiger partial charge in [-0.2, -0.15) is 0 Å². The molecule has 3 rings (SSSR count). The molecule has 26 heavy (non-hydrogen) atoms. The normalized spacial score (nSPS) is 17.2. The van der Waals surface area contributed by atoms with Crippen LogP contribution in [0.25, 0.3) is 0 Å². The highest BCUT2D eigenvalue weighted by Crippen LogP contribution is 2.22. The van der Waals surface area contributed by atoms with Crippen LogP contribution in [0.15, 0.2) is 29.2 Å². The van der Waals surface area contributed by atoms with E-state index in [4.69, 9.17) is 0 Å². The lowest BCUT2D eigenvalue weighted by molar-refractivity contribution is -0.133. The summed E-state index contributed by atoms with van der Waals surface area (Å²) in [5.41, 5.74) is 0.928. The van der Waals surface area contributed by atoms with Crippen molar-refractivity contribution in [3.8, 4) is 0 Å². The molecular formula is C17H23N5O3S. The first kappa shape index (κ1) is 18.5. The Labute approximate surface area is 153 Å². The van der Waals surface area contributed by atoms with E-state index in [0.29, 0.717) is 25.9 Å². The summed E-state index contributed by atoms with van der Waals surface area (Å²) >= 11 is 0. The zero-order chi connectivity index (χ0) is 18.9. The second-order valence-electron chi connectivity index (χ2n) is 6.51. The summed E-state index contributed by atoms with van der Waals surface area (Å²) < 4.78 is 27.8. The number of hydrogen-bond donors (Lipinski definition) is 1. The minimum Gasteiger partial charge on any atom is -0.333 e. The van der Waals surface area contributed by atoms with E-state index in [1.165, 1.54) is 7.05 Å². The molecule has 0 fully saturated rings. The number of nitrogens with zero attached hydrogens (tertiary/aromatic N) is 4. The fourth-order valence-corrected chi connectivity index (χ4v) is 4.01. The second-order valence-corrected chi connectivity index (χ2v) is 8.39. The van der Waals surface area contributed by atoms with Gasteiger partial charge in [-0.3, -0.25) is 4.79 Å². The van der Waals surface area contributed by atoms with Crippen LogP contribution in [0.2, 0.25) is 0 Å². The minimum absolute atomic E-state index is 0.0654. The molecule has 2 aromatic rings. The summed E-state index contributed by atoms with van der Waals surface area (Å²) in [5, 5.41) is 8.25. The molecule has 8 nitrogen and oxygen atoms in total. The maximum absolute atomic E-state index is 12.6. The fourth-order valence-electron chi connectivity index (χ4n) is 3.28. The Balaban J connectivity index is 1.61. The fraction of sp³-hybridized carbons (Fsp3) is 0.471. The van der Waals surface area contributed by atoms with E-state index >= 15 is 0 Å². The van der Waals surface area contributed by atoms with Gasteiger partial charge in [0.25, 0.3) is 0 Å². The first-order chi connectivity index (χ1) is 12.3. The molecule has 0 radical (unpaired) electrons. The number of nitrogens with one attached hydrogen (secondary N) is 1. The number of benzene rings is 1. The molecule has 0 bridgehead atoms. The summed E-state index contributed by atoms with van der Waals surface area (Å²) in [6, 6.07) is 6.76. The van der Waals surface area contributed by atoms with Crippen molar-refractivity contribution in [2.45, 2.75) is 44.2 Å². The molecule has 1 atom stereocenters. The molecule has 0 aliphatic carbocycles. The predicted octanol–water partition coefficient (Wildman–Crippen LogP) is 1.03. The summed E-state index contributed by atoms with van der Waals surface area (Å²) in [6.45, 7) is 5.09. The van der Waals surface area contributed by atoms with Crippen LogP contribution in [0.5, 0.6) is 0 Å². The Kier molecular flexibility index (Phi) is 5.10. The Hall–Kier alpha value is -2.26. The smallest absolute Gasteiger partial charge is 0.240 e. The van der Waals surface area contributed by atoms with Crippen molar-refractivity contribution >= 4 is 15.9 Å². The third kappa shape index (κ3) is 3.63. The van der Waals surface area contributed by atoms with Crippen LogP contribution in [-0.4, -0.2) is 47.6 Å². The van der Waals surface area contributed by atoms with Crippen molar-refractivity contribution in [1.82, 2.24) is 24.4 Å². The van der Waals surface area contributed by atoms with Crippen molar-refractivity contribution in [2.75, 3.05) is 13.6 Å². The van der Waals surface area contributed by atoms with Crippen LogP contribution in [0, 0.1) is 6.92 Å². The largest absolute Gasteiger partial charge is 0.333 e. The summed E-state index contributed by atoms with van der Waals surface area (Å²) in [5.74, 6) is 1.75. The Morgan fingerprint density at radius 2 is 1.96 bits per heavy atom. The molecule has 1 amide bonds. The molecule has 1 unspecified atom stereocenters. The standard InChI is InChI=1S/C17H23N5O3S/c1-12-10-21(11-16-20-19-13(2)22(12)16)17(23)9-6-14-4-7-15(8-5-14)26(24,25)18-3/h4-5,7-8,12,18H,6,9-11H2,1-3H3. The highest BCUT2D eigenvalue weighted by Gasteiger charge is 2.27. The minimum atomic E-state index is -3.44. The summed E-state index contributed by atoms with van der Waals surface area (Å²) in [6.07, 6.45) is 0.938. The first-order valence-corrected chi connectivity index (χ1v) is 10.0. The number of amides is 1. The quantitative estimate of drug-likeness (QED) is 0.839. The van der Waals surface area contributed by atoms with E-state index in [9.17, 15) is 13.2 Å². The number of aryl methyl sites for hydroxylation is 2. The lowest BCUT2D eigenvalue weighted by Gasteiger charge is -2.32. The highest BCUT2D eigenvalue weighted by molar-refractivity contribution is 7.89. The van der Waals surface area contributed by atoms with Crippen molar-refractivity contribution < 1.29 is 13.2 Å². The molecular weight excluding hydrogens is 354 g/mol. The van der Waals surface area contributed by atoms with Gasteiger partial charge in [0.05, 0.1) is 17.5 Å². The van der Waals surface area contributed by atoms with Crippen LogP contribution in [0.4, 0.5) is 0 Å². The molecule has 1 aliphatic heterocycles. The molecule has 1 aromatic carbocycles. The van der Waals surface area contributed by atoms with Gasteiger partial charge in [-0.15, -0.1) is 10.2 Å². The third-order valence-corrected chi connectivity index (χ3v) is 6.11. The zero-order valence-electron chi connectivity index (χ0n) is 15.1. The van der Waals surface area contributed by atoms with E-state index in [2.05, 4.69) is 26.4 Å². The van der Waals surface area contributed by atoms with Crippen LogP contribution < -0.4 is 4.72 Å². The summed E-state index contributed by atoms with van der Waals surface area (Å²) in [7, 11) is -2.06. The molecule has 1 N–H and O–H groups in total. The number of rotatable bonds is 5. The SMILES string of the molecule is CNS(=O)(=O)c1ccc(CCC(=O)N2Cc3nnc(C)n3C(C)C2)cc1. The van der Waals surface area contributed by atoms with Crippen molar-refractivity contribution in [1.29, 1.82) is 0 Å². The van der Waals surface area contributed by atoms with Gasteiger partial charge < -0.3 is 9.47 Å². The number of hydrogen-bond acceptors (Lipinski definition) is 5. The lowest BCUT2D eigenvalue weighted by atomic mass is 10.1. The van der Waals surface area contributed by atoms with Gasteiger partial charge in [-0.1, -0.05) is 12.1 Å². The molecule has 1 aliphatic rings. The number of aromatic nitrogens is 3. The first-order valence-electron chi connectivity index (χ1n) is 8.52. The van der Waals surface area contributed by atoms with Crippen LogP contribution in [0.3, 0.4) is 0 Å². The highest BCUT2D eigenvalue weighted by atomic mass is 32.2. The average molecular weight is 377 g/mol. The lowest BCUT2D eigenvalue weighted by Crippen LogP contribution is -2.40. The van der Waals surface area contributed by atoms with E-state index in [1.807, 2.05) is 11.8 Å². The third-order valence-electron chi connectivity index (χ3n) is 4.68. The molecule has 0 spiro atoms. The van der Waals surface area contributed by atoms with Gasteiger partial charge >= 0.3 is 0 Å². The average Bonchev–Trinajstić information content (AvgIpc) is 3.01. The van der Waals surface area contributed by atoms with Crippen LogP contribution in [0.1, 0.15) is 36.6 Å². The summed E-state index contributed by atoms with van der Waals surface area (Å²) in [4.78, 5) is 14.6. The van der Waals surface area contributed by atoms with Gasteiger partial charge in [-0.25, -0.2) is 13.1 Å². The van der Waals surface area contributed by atoms with E-state index in [-0.39, 0.29) is 16.8 Å². The maximum atomic E-state index is 12.6. The molecule has 2 heterocycles. The van der Waals surface area contributed by atoms with Crippen LogP contribution in [-0.2, 0) is 27.8 Å². The second kappa shape index (κ2) is 7.16. The van der Waals surface area contributed by atoms with Gasteiger partial charge in [0, 0.05) is 13.0 Å². The van der Waals surface area contributed by atoms with Gasteiger partial charge in [0.15, 0.2) is 5.82 Å². The van der Waals surface area contributed by atoms with Crippen molar-refractivity contribution in [3.05, 3.63) is 41.5 Å². The molecule has 1 aromatic heterocycles.